The lowest BCUT2D eigenvalue weighted by molar-refractivity contribution is -0.125. The molecule has 0 bridgehead atoms. The van der Waals surface area contributed by atoms with Gasteiger partial charge in [0.1, 0.15) is 0 Å². The summed E-state index contributed by atoms with van der Waals surface area (Å²) >= 11 is 5.17. The molecule has 0 unspecified atom stereocenters. The minimum atomic E-state index is 0.0246. The molecule has 1 aliphatic rings. The molecule has 1 aliphatic carbocycles. The van der Waals surface area contributed by atoms with Crippen molar-refractivity contribution in [3.05, 3.63) is 23.8 Å². The SMILES string of the molecule is COc1ccc(CCNC(=S)NNC(=O)C2CCCC2)cc1OC. The number of thiocarbonyl (C=S) groups is 1. The highest BCUT2D eigenvalue weighted by Gasteiger charge is 2.22. The maximum Gasteiger partial charge on any atom is 0.241 e. The van der Waals surface area contributed by atoms with Gasteiger partial charge in [-0.1, -0.05) is 18.9 Å². The first-order valence-corrected chi connectivity index (χ1v) is 8.59. The highest BCUT2D eigenvalue weighted by atomic mass is 32.1. The Labute approximate surface area is 148 Å². The number of methoxy groups -OCH3 is 2. The zero-order chi connectivity index (χ0) is 17.4. The molecule has 1 amide bonds. The maximum absolute atomic E-state index is 11.9. The van der Waals surface area contributed by atoms with Gasteiger partial charge in [-0.25, -0.2) is 0 Å². The molecular formula is C17H25N3O3S. The van der Waals surface area contributed by atoms with Crippen molar-refractivity contribution in [2.24, 2.45) is 5.92 Å². The third-order valence-electron chi connectivity index (χ3n) is 4.17. The van der Waals surface area contributed by atoms with E-state index >= 15 is 0 Å². The Balaban J connectivity index is 1.69. The summed E-state index contributed by atoms with van der Waals surface area (Å²) in [5, 5.41) is 3.50. The van der Waals surface area contributed by atoms with Gasteiger partial charge in [-0.2, -0.15) is 0 Å². The summed E-state index contributed by atoms with van der Waals surface area (Å²) in [5.41, 5.74) is 6.55. The van der Waals surface area contributed by atoms with Crippen molar-refractivity contribution >= 4 is 23.2 Å². The summed E-state index contributed by atoms with van der Waals surface area (Å²) in [6.07, 6.45) is 4.97. The molecule has 132 valence electrons. The largest absolute Gasteiger partial charge is 0.493 e. The number of ether oxygens (including phenoxy) is 2. The van der Waals surface area contributed by atoms with Crippen LogP contribution in [0.3, 0.4) is 0 Å². The molecule has 0 radical (unpaired) electrons. The third-order valence-corrected chi connectivity index (χ3v) is 4.42. The lowest BCUT2D eigenvalue weighted by Gasteiger charge is -2.14. The van der Waals surface area contributed by atoms with Gasteiger partial charge in [-0.05, 0) is 49.2 Å². The van der Waals surface area contributed by atoms with Crippen molar-refractivity contribution in [2.75, 3.05) is 20.8 Å². The Morgan fingerprint density at radius 2 is 1.88 bits per heavy atom. The number of hydrazine groups is 1. The van der Waals surface area contributed by atoms with Crippen LogP contribution in [0.5, 0.6) is 11.5 Å². The van der Waals surface area contributed by atoms with Crippen molar-refractivity contribution < 1.29 is 14.3 Å². The summed E-state index contributed by atoms with van der Waals surface area (Å²) in [4.78, 5) is 11.9. The van der Waals surface area contributed by atoms with Crippen molar-refractivity contribution in [1.29, 1.82) is 0 Å². The van der Waals surface area contributed by atoms with Crippen LogP contribution < -0.4 is 25.6 Å². The molecule has 0 aromatic heterocycles. The smallest absolute Gasteiger partial charge is 0.241 e. The van der Waals surface area contributed by atoms with Gasteiger partial charge in [-0.3, -0.25) is 15.6 Å². The molecule has 24 heavy (non-hydrogen) atoms. The lowest BCUT2D eigenvalue weighted by Crippen LogP contribution is -2.48. The normalized spacial score (nSPS) is 14.1. The van der Waals surface area contributed by atoms with Crippen LogP contribution in [0.2, 0.25) is 0 Å². The first-order chi connectivity index (χ1) is 11.6. The molecule has 1 aromatic rings. The predicted molar refractivity (Wildman–Crippen MR) is 97.1 cm³/mol. The fourth-order valence-electron chi connectivity index (χ4n) is 2.81. The molecule has 1 fully saturated rings. The second-order valence-electron chi connectivity index (χ2n) is 5.79. The van der Waals surface area contributed by atoms with Crippen LogP contribution in [0.25, 0.3) is 0 Å². The Hall–Kier alpha value is -2.02. The van der Waals surface area contributed by atoms with Crippen molar-refractivity contribution in [3.63, 3.8) is 0 Å². The van der Waals surface area contributed by atoms with Crippen LogP contribution in [0.4, 0.5) is 0 Å². The van der Waals surface area contributed by atoms with Gasteiger partial charge >= 0.3 is 0 Å². The summed E-state index contributed by atoms with van der Waals surface area (Å²) < 4.78 is 10.5. The second-order valence-corrected chi connectivity index (χ2v) is 6.20. The Morgan fingerprint density at radius 1 is 1.17 bits per heavy atom. The zero-order valence-corrected chi connectivity index (χ0v) is 15.0. The van der Waals surface area contributed by atoms with Crippen LogP contribution in [0, 0.1) is 5.92 Å². The number of carbonyl (C=O) groups excluding carboxylic acids is 1. The average molecular weight is 351 g/mol. The molecule has 3 N–H and O–H groups in total. The maximum atomic E-state index is 11.9. The molecule has 1 aromatic carbocycles. The fourth-order valence-corrected chi connectivity index (χ4v) is 2.96. The van der Waals surface area contributed by atoms with Gasteiger partial charge in [0.25, 0.3) is 0 Å². The van der Waals surface area contributed by atoms with Crippen molar-refractivity contribution in [1.82, 2.24) is 16.2 Å². The monoisotopic (exact) mass is 351 g/mol. The molecule has 7 heteroatoms. The van der Waals surface area contributed by atoms with Crippen LogP contribution in [-0.2, 0) is 11.2 Å². The summed E-state index contributed by atoms with van der Waals surface area (Å²) in [7, 11) is 3.23. The number of benzene rings is 1. The molecule has 0 atom stereocenters. The van der Waals surface area contributed by atoms with E-state index in [4.69, 9.17) is 21.7 Å². The quantitative estimate of drug-likeness (QED) is 0.537. The first-order valence-electron chi connectivity index (χ1n) is 8.18. The van der Waals surface area contributed by atoms with E-state index in [-0.39, 0.29) is 11.8 Å². The Bertz CT molecular complexity index is 574. The van der Waals surface area contributed by atoms with Crippen LogP contribution in [0.15, 0.2) is 18.2 Å². The van der Waals surface area contributed by atoms with E-state index in [0.29, 0.717) is 23.2 Å². The fraction of sp³-hybridized carbons (Fsp3) is 0.529. The number of hydrogen-bond donors (Lipinski definition) is 3. The van der Waals surface area contributed by atoms with Gasteiger partial charge < -0.3 is 14.8 Å². The van der Waals surface area contributed by atoms with E-state index in [1.165, 1.54) is 0 Å². The minimum absolute atomic E-state index is 0.0246. The topological polar surface area (TPSA) is 71.6 Å². The van der Waals surface area contributed by atoms with Crippen LogP contribution in [-0.4, -0.2) is 31.8 Å². The van der Waals surface area contributed by atoms with Gasteiger partial charge in [0.15, 0.2) is 16.6 Å². The molecule has 0 spiro atoms. The molecule has 2 rings (SSSR count). The number of amides is 1. The van der Waals surface area contributed by atoms with Crippen LogP contribution >= 0.6 is 12.2 Å². The molecule has 0 aliphatic heterocycles. The zero-order valence-electron chi connectivity index (χ0n) is 14.2. The Morgan fingerprint density at radius 3 is 2.54 bits per heavy atom. The van der Waals surface area contributed by atoms with Gasteiger partial charge in [0.05, 0.1) is 14.2 Å². The van der Waals surface area contributed by atoms with E-state index < -0.39 is 0 Å². The Kier molecular flexibility index (Phi) is 7.11. The third kappa shape index (κ3) is 5.26. The number of rotatable bonds is 6. The van der Waals surface area contributed by atoms with Crippen molar-refractivity contribution in [2.45, 2.75) is 32.1 Å². The van der Waals surface area contributed by atoms with Gasteiger partial charge in [0, 0.05) is 12.5 Å². The van der Waals surface area contributed by atoms with E-state index in [9.17, 15) is 4.79 Å². The molecule has 1 saturated carbocycles. The summed E-state index contributed by atoms with van der Waals surface area (Å²) in [5.74, 6) is 1.56. The lowest BCUT2D eigenvalue weighted by atomic mass is 10.1. The summed E-state index contributed by atoms with van der Waals surface area (Å²) in [6.45, 7) is 0.653. The molecular weight excluding hydrogens is 326 g/mol. The van der Waals surface area contributed by atoms with Crippen LogP contribution in [0.1, 0.15) is 31.2 Å². The average Bonchev–Trinajstić information content (AvgIpc) is 3.14. The second kappa shape index (κ2) is 9.32. The van der Waals surface area contributed by atoms with E-state index in [1.807, 2.05) is 18.2 Å². The standard InChI is InChI=1S/C17H25N3O3S/c1-22-14-8-7-12(11-15(14)23-2)9-10-18-17(24)20-19-16(21)13-5-3-4-6-13/h7-8,11,13H,3-6,9-10H2,1-2H3,(H,19,21)(H2,18,20,24). The van der Waals surface area contributed by atoms with Crippen molar-refractivity contribution in [3.8, 4) is 11.5 Å². The van der Waals surface area contributed by atoms with Gasteiger partial charge in [0.2, 0.25) is 5.91 Å². The molecule has 6 nitrogen and oxygen atoms in total. The summed E-state index contributed by atoms with van der Waals surface area (Å²) in [6, 6.07) is 5.81. The first kappa shape index (κ1) is 18.3. The van der Waals surface area contributed by atoms with E-state index in [2.05, 4.69) is 16.2 Å². The highest BCUT2D eigenvalue weighted by Crippen LogP contribution is 2.27. The number of carbonyl (C=O) groups is 1. The molecule has 0 heterocycles. The predicted octanol–water partition coefficient (Wildman–Crippen LogP) is 1.93. The number of hydrogen-bond acceptors (Lipinski definition) is 4. The molecule has 0 saturated heterocycles. The van der Waals surface area contributed by atoms with E-state index in [1.54, 1.807) is 14.2 Å². The van der Waals surface area contributed by atoms with Gasteiger partial charge in [-0.15, -0.1) is 0 Å². The highest BCUT2D eigenvalue weighted by molar-refractivity contribution is 7.80. The van der Waals surface area contributed by atoms with E-state index in [0.717, 1.165) is 37.7 Å². The number of nitrogens with one attached hydrogen (secondary N) is 3. The minimum Gasteiger partial charge on any atom is -0.493 e.